The minimum Gasteiger partial charge on any atom is -0.508 e. The molecular weight excluding hydrogens is 384 g/mol. The van der Waals surface area contributed by atoms with Gasteiger partial charge in [0.1, 0.15) is 11.5 Å². The first-order chi connectivity index (χ1) is 14.5. The van der Waals surface area contributed by atoms with Crippen molar-refractivity contribution in [1.82, 2.24) is 19.5 Å². The van der Waals surface area contributed by atoms with Crippen molar-refractivity contribution < 1.29 is 14.9 Å². The van der Waals surface area contributed by atoms with Crippen molar-refractivity contribution in [1.29, 1.82) is 0 Å². The Morgan fingerprint density at radius 3 is 2.77 bits per heavy atom. The zero-order valence-corrected chi connectivity index (χ0v) is 17.7. The predicted molar refractivity (Wildman–Crippen MR) is 117 cm³/mol. The maximum Gasteiger partial charge on any atom is 0.226 e. The minimum atomic E-state index is -0.524. The third-order valence-corrected chi connectivity index (χ3v) is 4.75. The van der Waals surface area contributed by atoms with Gasteiger partial charge in [0.05, 0.1) is 19.5 Å². The highest BCUT2D eigenvalue weighted by Crippen LogP contribution is 2.26. The number of aryl methyl sites for hydroxylation is 1. The number of nitrogens with one attached hydrogen (secondary N) is 2. The van der Waals surface area contributed by atoms with Gasteiger partial charge in [0, 0.05) is 25.2 Å². The number of methoxy groups -OCH3 is 1. The van der Waals surface area contributed by atoms with Gasteiger partial charge in [-0.1, -0.05) is 19.8 Å². The van der Waals surface area contributed by atoms with Gasteiger partial charge in [-0.15, -0.1) is 0 Å². The summed E-state index contributed by atoms with van der Waals surface area (Å²) in [6.45, 7) is 5.38. The van der Waals surface area contributed by atoms with Crippen LogP contribution in [0.4, 0.5) is 11.8 Å². The molecule has 9 nitrogen and oxygen atoms in total. The van der Waals surface area contributed by atoms with E-state index in [1.165, 1.54) is 0 Å². The van der Waals surface area contributed by atoms with E-state index in [1.807, 2.05) is 4.57 Å². The molecule has 1 aromatic carbocycles. The number of nitrogens with zero attached hydrogens (tertiary/aromatic N) is 4. The molecule has 2 heterocycles. The van der Waals surface area contributed by atoms with Crippen LogP contribution in [0.1, 0.15) is 38.7 Å². The monoisotopic (exact) mass is 414 g/mol. The van der Waals surface area contributed by atoms with E-state index in [2.05, 4.69) is 32.5 Å². The zero-order valence-electron chi connectivity index (χ0n) is 17.7. The van der Waals surface area contributed by atoms with E-state index in [-0.39, 0.29) is 5.75 Å². The SMILES string of the molecule is CCCCCn1cnc2c(NCc3cc(OC)ccc3O)nc(NCC(C)O)nc21. The fraction of sp³-hybridized carbons (Fsp3) is 0.476. The zero-order chi connectivity index (χ0) is 21.5. The number of hydrogen-bond acceptors (Lipinski definition) is 8. The molecular formula is C21H30N6O3. The molecule has 0 fully saturated rings. The molecule has 1 atom stereocenters. The summed E-state index contributed by atoms with van der Waals surface area (Å²) in [5.41, 5.74) is 2.07. The largest absolute Gasteiger partial charge is 0.508 e. The maximum absolute atomic E-state index is 10.2. The number of ether oxygens (including phenoxy) is 1. The van der Waals surface area contributed by atoms with Crippen LogP contribution in [-0.2, 0) is 13.1 Å². The summed E-state index contributed by atoms with van der Waals surface area (Å²) in [6.07, 6.45) is 4.58. The number of imidazole rings is 1. The fourth-order valence-electron chi connectivity index (χ4n) is 3.09. The van der Waals surface area contributed by atoms with Crippen LogP contribution in [0.2, 0.25) is 0 Å². The number of aromatic hydroxyl groups is 1. The third-order valence-electron chi connectivity index (χ3n) is 4.75. The van der Waals surface area contributed by atoms with E-state index < -0.39 is 6.10 Å². The second kappa shape index (κ2) is 10.1. The molecule has 1 unspecified atom stereocenters. The Balaban J connectivity index is 1.89. The van der Waals surface area contributed by atoms with Gasteiger partial charge in [-0.3, -0.25) is 0 Å². The minimum absolute atomic E-state index is 0.172. The Kier molecular flexibility index (Phi) is 7.29. The van der Waals surface area contributed by atoms with Crippen LogP contribution < -0.4 is 15.4 Å². The lowest BCUT2D eigenvalue weighted by Gasteiger charge is -2.12. The van der Waals surface area contributed by atoms with Gasteiger partial charge in [-0.25, -0.2) is 4.98 Å². The second-order valence-corrected chi connectivity index (χ2v) is 7.29. The molecule has 3 rings (SSSR count). The van der Waals surface area contributed by atoms with Crippen LogP contribution in [0.3, 0.4) is 0 Å². The summed E-state index contributed by atoms with van der Waals surface area (Å²) in [5, 5.41) is 26.1. The average molecular weight is 415 g/mol. The molecule has 0 aliphatic heterocycles. The standard InChI is InChI=1S/C21H30N6O3/c1-4-5-6-9-27-13-24-18-19(25-21(26-20(18)27)23-11-14(2)28)22-12-15-10-16(30-3)7-8-17(15)29/h7-8,10,13-14,28-29H,4-6,9,11-12H2,1-3H3,(H2,22,23,25,26). The van der Waals surface area contributed by atoms with E-state index in [9.17, 15) is 10.2 Å². The van der Waals surface area contributed by atoms with Crippen molar-refractivity contribution in [2.45, 2.75) is 52.3 Å². The highest BCUT2D eigenvalue weighted by atomic mass is 16.5. The lowest BCUT2D eigenvalue weighted by molar-refractivity contribution is 0.208. The number of fused-ring (bicyclic) bond motifs is 1. The third kappa shape index (κ3) is 5.29. The normalized spacial score (nSPS) is 12.1. The lowest BCUT2D eigenvalue weighted by atomic mass is 10.2. The highest BCUT2D eigenvalue weighted by Gasteiger charge is 2.14. The van der Waals surface area contributed by atoms with Gasteiger partial charge in [-0.2, -0.15) is 9.97 Å². The number of aliphatic hydroxyl groups excluding tert-OH is 1. The van der Waals surface area contributed by atoms with Crippen molar-refractivity contribution in [2.75, 3.05) is 24.3 Å². The Bertz CT molecular complexity index is 973. The van der Waals surface area contributed by atoms with Gasteiger partial charge >= 0.3 is 0 Å². The highest BCUT2D eigenvalue weighted by molar-refractivity contribution is 5.84. The fourth-order valence-corrected chi connectivity index (χ4v) is 3.09. The number of aromatic nitrogens is 4. The van der Waals surface area contributed by atoms with Gasteiger partial charge in [0.15, 0.2) is 17.0 Å². The molecule has 0 radical (unpaired) electrons. The van der Waals surface area contributed by atoms with Gasteiger partial charge in [0.25, 0.3) is 0 Å². The molecule has 0 bridgehead atoms. The first-order valence-electron chi connectivity index (χ1n) is 10.3. The summed E-state index contributed by atoms with van der Waals surface area (Å²) in [7, 11) is 1.59. The molecule has 0 spiro atoms. The van der Waals surface area contributed by atoms with Crippen LogP contribution in [0.5, 0.6) is 11.5 Å². The van der Waals surface area contributed by atoms with E-state index in [0.717, 1.165) is 31.5 Å². The number of phenols is 1. The quantitative estimate of drug-likeness (QED) is 0.354. The molecule has 0 aliphatic rings. The molecule has 0 amide bonds. The smallest absolute Gasteiger partial charge is 0.226 e. The number of benzene rings is 1. The number of aliphatic hydroxyl groups is 1. The molecule has 3 aromatic rings. The second-order valence-electron chi connectivity index (χ2n) is 7.29. The van der Waals surface area contributed by atoms with Gasteiger partial charge < -0.3 is 30.2 Å². The summed E-state index contributed by atoms with van der Waals surface area (Å²) in [5.74, 6) is 1.81. The molecule has 2 aromatic heterocycles. The summed E-state index contributed by atoms with van der Waals surface area (Å²) < 4.78 is 7.26. The van der Waals surface area contributed by atoms with Crippen LogP contribution in [0, 0.1) is 0 Å². The van der Waals surface area contributed by atoms with Crippen LogP contribution >= 0.6 is 0 Å². The van der Waals surface area contributed by atoms with E-state index >= 15 is 0 Å². The first kappa shape index (κ1) is 21.6. The van der Waals surface area contributed by atoms with E-state index in [4.69, 9.17) is 4.74 Å². The van der Waals surface area contributed by atoms with Gasteiger partial charge in [0.2, 0.25) is 5.95 Å². The summed E-state index contributed by atoms with van der Waals surface area (Å²) >= 11 is 0. The number of anilines is 2. The summed E-state index contributed by atoms with van der Waals surface area (Å²) in [6, 6.07) is 5.08. The van der Waals surface area contributed by atoms with Crippen LogP contribution in [0.25, 0.3) is 11.2 Å². The molecule has 0 saturated heterocycles. The molecule has 0 aliphatic carbocycles. The molecule has 4 N–H and O–H groups in total. The number of unbranched alkanes of at least 4 members (excludes halogenated alkanes) is 2. The van der Waals surface area contributed by atoms with Crippen LogP contribution in [0.15, 0.2) is 24.5 Å². The lowest BCUT2D eigenvalue weighted by Crippen LogP contribution is -2.17. The maximum atomic E-state index is 10.2. The van der Waals surface area contributed by atoms with Crippen molar-refractivity contribution >= 4 is 22.9 Å². The topological polar surface area (TPSA) is 117 Å². The number of phenolic OH excluding ortho intramolecular Hbond substituents is 1. The molecule has 9 heteroatoms. The summed E-state index contributed by atoms with van der Waals surface area (Å²) in [4.78, 5) is 13.7. The Labute approximate surface area is 176 Å². The average Bonchev–Trinajstić information content (AvgIpc) is 3.14. The predicted octanol–water partition coefficient (Wildman–Crippen LogP) is 3.14. The number of hydrogen-bond donors (Lipinski definition) is 4. The van der Waals surface area contributed by atoms with E-state index in [1.54, 1.807) is 38.6 Å². The van der Waals surface area contributed by atoms with Crippen molar-refractivity contribution in [2.24, 2.45) is 0 Å². The Hall–Kier alpha value is -3.07. The Morgan fingerprint density at radius 2 is 2.03 bits per heavy atom. The van der Waals surface area contributed by atoms with E-state index in [0.29, 0.717) is 41.7 Å². The van der Waals surface area contributed by atoms with Crippen molar-refractivity contribution in [3.05, 3.63) is 30.1 Å². The molecule has 0 saturated carbocycles. The van der Waals surface area contributed by atoms with Crippen molar-refractivity contribution in [3.63, 3.8) is 0 Å². The Morgan fingerprint density at radius 1 is 1.20 bits per heavy atom. The van der Waals surface area contributed by atoms with Crippen LogP contribution in [-0.4, -0.2) is 49.5 Å². The van der Waals surface area contributed by atoms with Crippen molar-refractivity contribution in [3.8, 4) is 11.5 Å². The van der Waals surface area contributed by atoms with Gasteiger partial charge in [-0.05, 0) is 31.5 Å². The number of rotatable bonds is 11. The molecule has 162 valence electrons. The first-order valence-corrected chi connectivity index (χ1v) is 10.3. The molecule has 30 heavy (non-hydrogen) atoms.